The number of hydrogen-bond donors (Lipinski definition) is 0. The van der Waals surface area contributed by atoms with E-state index in [4.69, 9.17) is 4.74 Å². The van der Waals surface area contributed by atoms with Crippen molar-refractivity contribution in [1.82, 2.24) is 0 Å². The molecule has 1 saturated carbocycles. The quantitative estimate of drug-likeness (QED) is 0.772. The topological polar surface area (TPSA) is 9.23 Å². The SMILES string of the molecule is c1ccc2c(CCOC3CCCC3)cccc2c1. The van der Waals surface area contributed by atoms with Gasteiger partial charge in [-0.1, -0.05) is 55.3 Å². The zero-order chi connectivity index (χ0) is 12.2. The molecule has 1 aliphatic carbocycles. The lowest BCUT2D eigenvalue weighted by molar-refractivity contribution is 0.0608. The Morgan fingerprint density at radius 2 is 1.72 bits per heavy atom. The highest BCUT2D eigenvalue weighted by molar-refractivity contribution is 5.85. The molecule has 0 aliphatic heterocycles. The van der Waals surface area contributed by atoms with Gasteiger partial charge in [-0.15, -0.1) is 0 Å². The minimum atomic E-state index is 0.528. The van der Waals surface area contributed by atoms with Crippen molar-refractivity contribution in [2.24, 2.45) is 0 Å². The molecule has 0 radical (unpaired) electrons. The van der Waals surface area contributed by atoms with Crippen molar-refractivity contribution in [2.45, 2.75) is 38.2 Å². The molecule has 2 aromatic carbocycles. The van der Waals surface area contributed by atoms with Crippen molar-refractivity contribution in [2.75, 3.05) is 6.61 Å². The van der Waals surface area contributed by atoms with Gasteiger partial charge in [-0.2, -0.15) is 0 Å². The number of rotatable bonds is 4. The first kappa shape index (κ1) is 11.7. The molecule has 0 bridgehead atoms. The Balaban J connectivity index is 1.66. The average molecular weight is 240 g/mol. The van der Waals surface area contributed by atoms with Crippen LogP contribution in [0.3, 0.4) is 0 Å². The number of hydrogen-bond acceptors (Lipinski definition) is 1. The summed E-state index contributed by atoms with van der Waals surface area (Å²) in [7, 11) is 0. The molecule has 94 valence electrons. The summed E-state index contributed by atoms with van der Waals surface area (Å²) >= 11 is 0. The summed E-state index contributed by atoms with van der Waals surface area (Å²) in [5, 5.41) is 2.70. The maximum Gasteiger partial charge on any atom is 0.0575 e. The molecule has 0 atom stereocenters. The van der Waals surface area contributed by atoms with Gasteiger partial charge in [0.05, 0.1) is 12.7 Å². The fraction of sp³-hybridized carbons (Fsp3) is 0.412. The van der Waals surface area contributed by atoms with E-state index in [9.17, 15) is 0 Å². The van der Waals surface area contributed by atoms with Gasteiger partial charge >= 0.3 is 0 Å². The van der Waals surface area contributed by atoms with Gasteiger partial charge in [-0.05, 0) is 35.6 Å². The molecule has 0 amide bonds. The normalized spacial score (nSPS) is 16.4. The summed E-state index contributed by atoms with van der Waals surface area (Å²) in [5.74, 6) is 0. The molecule has 3 rings (SSSR count). The predicted octanol–water partition coefficient (Wildman–Crippen LogP) is 4.34. The van der Waals surface area contributed by atoms with Gasteiger partial charge in [-0.3, -0.25) is 0 Å². The van der Waals surface area contributed by atoms with Crippen LogP contribution in [0.25, 0.3) is 10.8 Å². The smallest absolute Gasteiger partial charge is 0.0575 e. The molecular weight excluding hydrogens is 220 g/mol. The first-order valence-corrected chi connectivity index (χ1v) is 7.02. The van der Waals surface area contributed by atoms with E-state index < -0.39 is 0 Å². The molecule has 1 fully saturated rings. The van der Waals surface area contributed by atoms with Gasteiger partial charge in [0.1, 0.15) is 0 Å². The van der Waals surface area contributed by atoms with Crippen molar-refractivity contribution in [3.63, 3.8) is 0 Å². The largest absolute Gasteiger partial charge is 0.378 e. The number of fused-ring (bicyclic) bond motifs is 1. The van der Waals surface area contributed by atoms with Gasteiger partial charge in [0, 0.05) is 0 Å². The molecule has 0 saturated heterocycles. The summed E-state index contributed by atoms with van der Waals surface area (Å²) in [4.78, 5) is 0. The Hall–Kier alpha value is -1.34. The van der Waals surface area contributed by atoms with E-state index in [1.165, 1.54) is 42.0 Å². The van der Waals surface area contributed by atoms with E-state index in [0.717, 1.165) is 13.0 Å². The second-order valence-electron chi connectivity index (χ2n) is 5.17. The Morgan fingerprint density at radius 3 is 2.61 bits per heavy atom. The van der Waals surface area contributed by atoms with E-state index >= 15 is 0 Å². The molecule has 1 aliphatic rings. The highest BCUT2D eigenvalue weighted by Gasteiger charge is 2.14. The first-order valence-electron chi connectivity index (χ1n) is 7.02. The van der Waals surface area contributed by atoms with Crippen molar-refractivity contribution in [3.05, 3.63) is 48.0 Å². The predicted molar refractivity (Wildman–Crippen MR) is 75.9 cm³/mol. The van der Waals surface area contributed by atoms with Gasteiger partial charge < -0.3 is 4.74 Å². The van der Waals surface area contributed by atoms with Crippen LogP contribution in [0.5, 0.6) is 0 Å². The molecule has 0 unspecified atom stereocenters. The zero-order valence-corrected chi connectivity index (χ0v) is 10.8. The third-order valence-corrected chi connectivity index (χ3v) is 3.91. The highest BCUT2D eigenvalue weighted by Crippen LogP contribution is 2.22. The van der Waals surface area contributed by atoms with Crippen LogP contribution in [-0.4, -0.2) is 12.7 Å². The number of benzene rings is 2. The Morgan fingerprint density at radius 1 is 0.944 bits per heavy atom. The summed E-state index contributed by atoms with van der Waals surface area (Å²) in [6.45, 7) is 0.860. The minimum Gasteiger partial charge on any atom is -0.378 e. The highest BCUT2D eigenvalue weighted by atomic mass is 16.5. The maximum absolute atomic E-state index is 5.96. The molecular formula is C17H20O. The summed E-state index contributed by atoms with van der Waals surface area (Å²) in [6, 6.07) is 15.1. The molecule has 2 aromatic rings. The third kappa shape index (κ3) is 2.56. The molecule has 1 nitrogen and oxygen atoms in total. The summed E-state index contributed by atoms with van der Waals surface area (Å²) in [6.07, 6.45) is 6.76. The lowest BCUT2D eigenvalue weighted by Crippen LogP contribution is -2.10. The van der Waals surface area contributed by atoms with Crippen LogP contribution in [0.1, 0.15) is 31.2 Å². The first-order chi connectivity index (χ1) is 8.93. The second-order valence-corrected chi connectivity index (χ2v) is 5.17. The van der Waals surface area contributed by atoms with Crippen LogP contribution < -0.4 is 0 Å². The van der Waals surface area contributed by atoms with Crippen LogP contribution in [0, 0.1) is 0 Å². The van der Waals surface area contributed by atoms with Crippen molar-refractivity contribution >= 4 is 10.8 Å². The zero-order valence-electron chi connectivity index (χ0n) is 10.8. The second kappa shape index (κ2) is 5.53. The fourth-order valence-corrected chi connectivity index (χ4v) is 2.90. The maximum atomic E-state index is 5.96. The third-order valence-electron chi connectivity index (χ3n) is 3.91. The van der Waals surface area contributed by atoms with E-state index in [-0.39, 0.29) is 0 Å². The molecule has 0 aromatic heterocycles. The molecule has 18 heavy (non-hydrogen) atoms. The van der Waals surface area contributed by atoms with E-state index in [0.29, 0.717) is 6.10 Å². The molecule has 0 spiro atoms. The average Bonchev–Trinajstić information content (AvgIpc) is 2.92. The Labute approximate surface area is 109 Å². The lowest BCUT2D eigenvalue weighted by atomic mass is 10.0. The van der Waals surface area contributed by atoms with Crippen LogP contribution in [0.2, 0.25) is 0 Å². The van der Waals surface area contributed by atoms with Gasteiger partial charge in [0.25, 0.3) is 0 Å². The van der Waals surface area contributed by atoms with Gasteiger partial charge in [-0.25, -0.2) is 0 Å². The Kier molecular flexibility index (Phi) is 3.61. The van der Waals surface area contributed by atoms with E-state index in [2.05, 4.69) is 42.5 Å². The van der Waals surface area contributed by atoms with Crippen molar-refractivity contribution < 1.29 is 4.74 Å². The summed E-state index contributed by atoms with van der Waals surface area (Å²) in [5.41, 5.74) is 1.41. The van der Waals surface area contributed by atoms with Crippen LogP contribution >= 0.6 is 0 Å². The van der Waals surface area contributed by atoms with Crippen molar-refractivity contribution in [3.8, 4) is 0 Å². The van der Waals surface area contributed by atoms with Gasteiger partial charge in [0.15, 0.2) is 0 Å². The van der Waals surface area contributed by atoms with Crippen LogP contribution in [0.4, 0.5) is 0 Å². The number of ether oxygens (including phenoxy) is 1. The van der Waals surface area contributed by atoms with E-state index in [1.807, 2.05) is 0 Å². The summed E-state index contributed by atoms with van der Waals surface area (Å²) < 4.78 is 5.96. The minimum absolute atomic E-state index is 0.528. The lowest BCUT2D eigenvalue weighted by Gasteiger charge is -2.12. The van der Waals surface area contributed by atoms with Crippen LogP contribution in [-0.2, 0) is 11.2 Å². The van der Waals surface area contributed by atoms with Gasteiger partial charge in [0.2, 0.25) is 0 Å². The molecule has 0 heterocycles. The monoisotopic (exact) mass is 240 g/mol. The fourth-order valence-electron chi connectivity index (χ4n) is 2.90. The van der Waals surface area contributed by atoms with Crippen LogP contribution in [0.15, 0.2) is 42.5 Å². The van der Waals surface area contributed by atoms with Crippen molar-refractivity contribution in [1.29, 1.82) is 0 Å². The molecule has 1 heteroatoms. The standard InChI is InChI=1S/C17H20O/c1-4-11-17-14(6-1)7-5-8-15(17)12-13-18-16-9-2-3-10-16/h1,4-8,11,16H,2-3,9-10,12-13H2. The Bertz CT molecular complexity index is 507. The van der Waals surface area contributed by atoms with E-state index in [1.54, 1.807) is 0 Å². The molecule has 0 N–H and O–H groups in total.